The second-order valence-corrected chi connectivity index (χ2v) is 11.0. The molecule has 1 fully saturated rings. The van der Waals surface area contributed by atoms with Gasteiger partial charge in [0.25, 0.3) is 0 Å². The Morgan fingerprint density at radius 1 is 0.795 bits per heavy atom. The first-order valence-electron chi connectivity index (χ1n) is 13.1. The van der Waals surface area contributed by atoms with Crippen LogP contribution in [0.15, 0.2) is 24.3 Å². The fraction of sp³-hybridized carbons (Fsp3) is 0.556. The van der Waals surface area contributed by atoms with Gasteiger partial charge in [-0.2, -0.15) is 44.5 Å². The molecule has 17 heteroatoms. The topological polar surface area (TPSA) is 107 Å². The van der Waals surface area contributed by atoms with Crippen LogP contribution in [0.25, 0.3) is 0 Å². The van der Waals surface area contributed by atoms with Crippen molar-refractivity contribution in [1.82, 2.24) is 15.3 Å². The monoisotopic (exact) mass is 645 g/mol. The Balaban J connectivity index is 0.000000860. The number of carbonyl (C=O) groups excluding carboxylic acids is 1. The number of nitrogens with zero attached hydrogens (tertiary/aromatic N) is 3. The fourth-order valence-electron chi connectivity index (χ4n) is 4.22. The Morgan fingerprint density at radius 3 is 1.64 bits per heavy atom. The number of anilines is 2. The SMILES string of the molecule is Cc1cc(N(C)C)nc(NC2CCC(NC(=O)C(C)(C)c3cc(C(F)(F)F)cc(C(F)(F)F)c3)CC2)n1.O=C(O)C(F)(F)F. The van der Waals surface area contributed by atoms with Gasteiger partial charge >= 0.3 is 24.5 Å². The van der Waals surface area contributed by atoms with Crippen molar-refractivity contribution in [2.75, 3.05) is 24.3 Å². The highest BCUT2D eigenvalue weighted by Gasteiger charge is 2.41. The number of aromatic nitrogens is 2. The molecular formula is C27H32F9N5O3. The molecular weight excluding hydrogens is 613 g/mol. The fourth-order valence-corrected chi connectivity index (χ4v) is 4.22. The quantitative estimate of drug-likeness (QED) is 0.315. The Kier molecular flexibility index (Phi) is 11.1. The maximum absolute atomic E-state index is 13.3. The largest absolute Gasteiger partial charge is 0.490 e. The zero-order chi connectivity index (χ0) is 33.8. The molecule has 1 aromatic heterocycles. The molecule has 0 saturated heterocycles. The van der Waals surface area contributed by atoms with Crippen LogP contribution in [0.1, 0.15) is 61.9 Å². The summed E-state index contributed by atoms with van der Waals surface area (Å²) in [6.07, 6.45) is -12.5. The van der Waals surface area contributed by atoms with E-state index in [2.05, 4.69) is 20.6 Å². The number of hydrogen-bond donors (Lipinski definition) is 3. The van der Waals surface area contributed by atoms with Crippen LogP contribution >= 0.6 is 0 Å². The van der Waals surface area contributed by atoms with Crippen molar-refractivity contribution in [1.29, 1.82) is 0 Å². The Hall–Kier alpha value is -3.79. The zero-order valence-corrected chi connectivity index (χ0v) is 24.3. The van der Waals surface area contributed by atoms with E-state index in [0.29, 0.717) is 43.8 Å². The third kappa shape index (κ3) is 10.1. The zero-order valence-electron chi connectivity index (χ0n) is 24.3. The number of aliphatic carboxylic acids is 1. The molecule has 246 valence electrons. The molecule has 0 spiro atoms. The first-order chi connectivity index (χ1) is 19.9. The maximum Gasteiger partial charge on any atom is 0.490 e. The summed E-state index contributed by atoms with van der Waals surface area (Å²) in [6.45, 7) is 4.52. The highest BCUT2D eigenvalue weighted by Crippen LogP contribution is 2.39. The Bertz CT molecular complexity index is 1290. The van der Waals surface area contributed by atoms with Crippen LogP contribution in [0.4, 0.5) is 51.3 Å². The van der Waals surface area contributed by atoms with E-state index in [0.717, 1.165) is 11.5 Å². The van der Waals surface area contributed by atoms with Gasteiger partial charge in [-0.3, -0.25) is 4.79 Å². The van der Waals surface area contributed by atoms with E-state index in [-0.39, 0.29) is 23.7 Å². The van der Waals surface area contributed by atoms with Crippen LogP contribution in [0.2, 0.25) is 0 Å². The number of nitrogens with one attached hydrogen (secondary N) is 2. The van der Waals surface area contributed by atoms with Crippen LogP contribution in [0.3, 0.4) is 0 Å². The lowest BCUT2D eigenvalue weighted by molar-refractivity contribution is -0.192. The van der Waals surface area contributed by atoms with E-state index in [4.69, 9.17) is 9.90 Å². The number of halogens is 9. The van der Waals surface area contributed by atoms with Crippen molar-refractivity contribution < 1.29 is 54.2 Å². The summed E-state index contributed by atoms with van der Waals surface area (Å²) >= 11 is 0. The third-order valence-electron chi connectivity index (χ3n) is 6.81. The minimum Gasteiger partial charge on any atom is -0.475 e. The van der Waals surface area contributed by atoms with Gasteiger partial charge < -0.3 is 20.6 Å². The van der Waals surface area contributed by atoms with Gasteiger partial charge in [0.2, 0.25) is 11.9 Å². The number of alkyl halides is 9. The average Bonchev–Trinajstić information content (AvgIpc) is 2.88. The number of carboxylic acids is 1. The van der Waals surface area contributed by atoms with Gasteiger partial charge in [-0.05, 0) is 70.2 Å². The summed E-state index contributed by atoms with van der Waals surface area (Å²) in [5, 5.41) is 13.3. The van der Waals surface area contributed by atoms with Gasteiger partial charge in [0.1, 0.15) is 5.82 Å². The highest BCUT2D eigenvalue weighted by molar-refractivity contribution is 5.87. The highest BCUT2D eigenvalue weighted by atomic mass is 19.4. The molecule has 0 unspecified atom stereocenters. The smallest absolute Gasteiger partial charge is 0.475 e. The summed E-state index contributed by atoms with van der Waals surface area (Å²) in [5.41, 5.74) is -4.04. The van der Waals surface area contributed by atoms with Gasteiger partial charge in [0, 0.05) is 37.9 Å². The average molecular weight is 646 g/mol. The molecule has 0 bridgehead atoms. The lowest BCUT2D eigenvalue weighted by atomic mass is 9.81. The maximum atomic E-state index is 13.3. The number of carbonyl (C=O) groups is 2. The standard InChI is InChI=1S/C25H31F6N5O.C2HF3O2/c1-14-10-20(36(4)5)35-22(32-14)34-19-8-6-18(7-9-19)33-21(37)23(2,3)15-11-16(24(26,27)28)13-17(12-15)25(29,30)31;3-2(4,5)1(6)7/h10-13,18-19H,6-9H2,1-5H3,(H,33,37)(H,32,34,35);(H,6,7). The van der Waals surface area contributed by atoms with Crippen LogP contribution < -0.4 is 15.5 Å². The van der Waals surface area contributed by atoms with Crippen molar-refractivity contribution in [3.05, 3.63) is 46.6 Å². The lowest BCUT2D eigenvalue weighted by Crippen LogP contribution is -2.47. The van der Waals surface area contributed by atoms with E-state index >= 15 is 0 Å². The normalized spacial score (nSPS) is 17.7. The van der Waals surface area contributed by atoms with Crippen LogP contribution in [0.5, 0.6) is 0 Å². The van der Waals surface area contributed by atoms with Crippen LogP contribution in [-0.2, 0) is 27.4 Å². The molecule has 8 nitrogen and oxygen atoms in total. The van der Waals surface area contributed by atoms with E-state index in [1.54, 1.807) is 0 Å². The summed E-state index contributed by atoms with van der Waals surface area (Å²) in [5.74, 6) is -2.12. The van der Waals surface area contributed by atoms with Crippen LogP contribution in [0, 0.1) is 6.92 Å². The van der Waals surface area contributed by atoms with E-state index < -0.39 is 46.9 Å². The number of amides is 1. The molecule has 1 heterocycles. The van der Waals surface area contributed by atoms with E-state index in [1.165, 1.54) is 13.8 Å². The summed E-state index contributed by atoms with van der Waals surface area (Å²) in [6, 6.07) is 2.95. The van der Waals surface area contributed by atoms with Gasteiger partial charge in [-0.25, -0.2) is 9.78 Å². The molecule has 1 aromatic carbocycles. The third-order valence-corrected chi connectivity index (χ3v) is 6.81. The molecule has 1 amide bonds. The molecule has 0 atom stereocenters. The predicted molar refractivity (Wildman–Crippen MR) is 142 cm³/mol. The van der Waals surface area contributed by atoms with Crippen molar-refractivity contribution in [2.45, 2.75) is 82.5 Å². The van der Waals surface area contributed by atoms with Crippen molar-refractivity contribution in [3.8, 4) is 0 Å². The molecule has 1 saturated carbocycles. The van der Waals surface area contributed by atoms with Gasteiger partial charge in [-0.15, -0.1) is 0 Å². The predicted octanol–water partition coefficient (Wildman–Crippen LogP) is 6.34. The molecule has 3 N–H and O–H groups in total. The van der Waals surface area contributed by atoms with Gasteiger partial charge in [-0.1, -0.05) is 0 Å². The number of rotatable bonds is 6. The number of carboxylic acid groups (broad SMARTS) is 1. The molecule has 0 radical (unpaired) electrons. The summed E-state index contributed by atoms with van der Waals surface area (Å²) in [7, 11) is 3.76. The molecule has 44 heavy (non-hydrogen) atoms. The molecule has 3 rings (SSSR count). The number of aryl methyl sites for hydroxylation is 1. The van der Waals surface area contributed by atoms with Gasteiger partial charge in [0.05, 0.1) is 16.5 Å². The first kappa shape index (κ1) is 36.4. The minimum absolute atomic E-state index is 0.0607. The molecule has 0 aliphatic heterocycles. The van der Waals surface area contributed by atoms with Gasteiger partial charge in [0.15, 0.2) is 0 Å². The van der Waals surface area contributed by atoms with E-state index in [1.807, 2.05) is 32.0 Å². The molecule has 1 aliphatic rings. The molecule has 2 aromatic rings. The number of benzene rings is 1. The second-order valence-electron chi connectivity index (χ2n) is 11.0. The summed E-state index contributed by atoms with van der Waals surface area (Å²) in [4.78, 5) is 32.7. The Morgan fingerprint density at radius 2 is 1.23 bits per heavy atom. The Labute approximate surface area is 247 Å². The molecule has 1 aliphatic carbocycles. The van der Waals surface area contributed by atoms with Crippen molar-refractivity contribution in [3.63, 3.8) is 0 Å². The van der Waals surface area contributed by atoms with Crippen molar-refractivity contribution in [2.24, 2.45) is 0 Å². The summed E-state index contributed by atoms with van der Waals surface area (Å²) < 4.78 is 111. The van der Waals surface area contributed by atoms with E-state index in [9.17, 15) is 44.3 Å². The second kappa shape index (κ2) is 13.5. The number of hydrogen-bond acceptors (Lipinski definition) is 6. The van der Waals surface area contributed by atoms with Crippen LogP contribution in [-0.4, -0.2) is 59.3 Å². The van der Waals surface area contributed by atoms with Crippen molar-refractivity contribution >= 4 is 23.6 Å². The lowest BCUT2D eigenvalue weighted by Gasteiger charge is -2.33. The first-order valence-corrected chi connectivity index (χ1v) is 13.1. The minimum atomic E-state index is -5.08.